The Labute approximate surface area is 125 Å². The fraction of sp³-hybridized carbons (Fsp3) is 0.214. The van der Waals surface area contributed by atoms with E-state index >= 15 is 0 Å². The number of aliphatic hydroxyl groups is 1. The molecule has 0 fully saturated rings. The molecule has 2 aromatic rings. The topological polar surface area (TPSA) is 75.1 Å². The summed E-state index contributed by atoms with van der Waals surface area (Å²) >= 11 is 5.81. The Morgan fingerprint density at radius 1 is 1.43 bits per heavy atom. The molecular formula is C14H13ClFN3O2. The minimum atomic E-state index is -0.487. The third-order valence-corrected chi connectivity index (χ3v) is 2.87. The number of amides is 1. The SMILES string of the molecule is CC(CO)NC(=O)c1cc(-c2cccc(F)c2)nc(Cl)n1. The highest BCUT2D eigenvalue weighted by Gasteiger charge is 2.14. The van der Waals surface area contributed by atoms with Crippen molar-refractivity contribution in [2.24, 2.45) is 0 Å². The number of hydrogen-bond donors (Lipinski definition) is 2. The average molecular weight is 310 g/mol. The van der Waals surface area contributed by atoms with E-state index < -0.39 is 17.8 Å². The van der Waals surface area contributed by atoms with Crippen molar-refractivity contribution in [2.75, 3.05) is 6.61 Å². The molecule has 1 atom stereocenters. The molecule has 0 aliphatic carbocycles. The Bertz CT molecular complexity index is 666. The fourth-order valence-corrected chi connectivity index (χ4v) is 1.86. The number of hydrogen-bond acceptors (Lipinski definition) is 4. The number of nitrogens with zero attached hydrogens (tertiary/aromatic N) is 2. The molecule has 0 spiro atoms. The van der Waals surface area contributed by atoms with Gasteiger partial charge in [-0.05, 0) is 36.7 Å². The maximum Gasteiger partial charge on any atom is 0.270 e. The monoisotopic (exact) mass is 309 g/mol. The van der Waals surface area contributed by atoms with Crippen molar-refractivity contribution >= 4 is 17.5 Å². The molecule has 0 saturated carbocycles. The van der Waals surface area contributed by atoms with Gasteiger partial charge in [0.15, 0.2) is 0 Å². The van der Waals surface area contributed by atoms with Gasteiger partial charge >= 0.3 is 0 Å². The van der Waals surface area contributed by atoms with Gasteiger partial charge in [-0.25, -0.2) is 14.4 Å². The number of aromatic nitrogens is 2. The standard InChI is InChI=1S/C14H13ClFN3O2/c1-8(7-20)17-13(21)12-6-11(18-14(15)19-12)9-3-2-4-10(16)5-9/h2-6,8,20H,7H2,1H3,(H,17,21). The highest BCUT2D eigenvalue weighted by molar-refractivity contribution is 6.28. The summed E-state index contributed by atoms with van der Waals surface area (Å²) in [6.07, 6.45) is 0. The Morgan fingerprint density at radius 2 is 2.19 bits per heavy atom. The zero-order chi connectivity index (χ0) is 15.4. The van der Waals surface area contributed by atoms with Crippen LogP contribution in [0.3, 0.4) is 0 Å². The number of aliphatic hydroxyl groups excluding tert-OH is 1. The van der Waals surface area contributed by atoms with Crippen LogP contribution in [0, 0.1) is 5.82 Å². The third-order valence-electron chi connectivity index (χ3n) is 2.70. The molecule has 1 aromatic heterocycles. The predicted octanol–water partition coefficient (Wildman–Crippen LogP) is 2.05. The van der Waals surface area contributed by atoms with Gasteiger partial charge in [-0.15, -0.1) is 0 Å². The van der Waals surface area contributed by atoms with Gasteiger partial charge in [0.1, 0.15) is 11.5 Å². The molecule has 5 nitrogen and oxygen atoms in total. The second kappa shape index (κ2) is 6.60. The lowest BCUT2D eigenvalue weighted by molar-refractivity contribution is 0.0917. The van der Waals surface area contributed by atoms with Crippen LogP contribution in [0.5, 0.6) is 0 Å². The maximum absolute atomic E-state index is 13.2. The summed E-state index contributed by atoms with van der Waals surface area (Å²) in [5.74, 6) is -0.902. The molecule has 0 aliphatic heterocycles. The molecular weight excluding hydrogens is 297 g/mol. The van der Waals surface area contributed by atoms with E-state index in [-0.39, 0.29) is 17.6 Å². The maximum atomic E-state index is 13.2. The van der Waals surface area contributed by atoms with Gasteiger partial charge in [-0.1, -0.05) is 12.1 Å². The molecule has 1 amide bonds. The molecule has 0 aliphatic rings. The van der Waals surface area contributed by atoms with Crippen LogP contribution in [0.25, 0.3) is 11.3 Å². The van der Waals surface area contributed by atoms with E-state index in [4.69, 9.17) is 16.7 Å². The van der Waals surface area contributed by atoms with Gasteiger partial charge in [-0.3, -0.25) is 4.79 Å². The Balaban J connectivity index is 2.35. The molecule has 0 radical (unpaired) electrons. The van der Waals surface area contributed by atoms with Crippen LogP contribution in [-0.4, -0.2) is 33.6 Å². The summed E-state index contributed by atoms with van der Waals surface area (Å²) < 4.78 is 13.2. The highest BCUT2D eigenvalue weighted by atomic mass is 35.5. The zero-order valence-electron chi connectivity index (χ0n) is 11.2. The predicted molar refractivity (Wildman–Crippen MR) is 76.5 cm³/mol. The number of nitrogens with one attached hydrogen (secondary N) is 1. The van der Waals surface area contributed by atoms with Crippen LogP contribution in [0.15, 0.2) is 30.3 Å². The number of benzene rings is 1. The van der Waals surface area contributed by atoms with Gasteiger partial charge in [-0.2, -0.15) is 0 Å². The van der Waals surface area contributed by atoms with Crippen LogP contribution in [0.4, 0.5) is 4.39 Å². The molecule has 2 rings (SSSR count). The van der Waals surface area contributed by atoms with E-state index in [2.05, 4.69) is 15.3 Å². The number of halogens is 2. The Kier molecular flexibility index (Phi) is 4.82. The zero-order valence-corrected chi connectivity index (χ0v) is 11.9. The lowest BCUT2D eigenvalue weighted by Crippen LogP contribution is -2.35. The van der Waals surface area contributed by atoms with Crippen LogP contribution in [0.1, 0.15) is 17.4 Å². The van der Waals surface area contributed by atoms with Gasteiger partial charge in [0.05, 0.1) is 12.3 Å². The molecule has 110 valence electrons. The first kappa shape index (κ1) is 15.3. The summed E-state index contributed by atoms with van der Waals surface area (Å²) in [5.41, 5.74) is 0.884. The second-order valence-corrected chi connectivity index (χ2v) is 4.81. The van der Waals surface area contributed by atoms with E-state index in [0.29, 0.717) is 11.3 Å². The average Bonchev–Trinajstić information content (AvgIpc) is 2.46. The summed E-state index contributed by atoms with van der Waals surface area (Å²) in [6, 6.07) is 6.79. The lowest BCUT2D eigenvalue weighted by Gasteiger charge is -2.11. The first-order chi connectivity index (χ1) is 9.99. The first-order valence-corrected chi connectivity index (χ1v) is 6.59. The molecule has 0 saturated heterocycles. The van der Waals surface area contributed by atoms with Crippen molar-refractivity contribution in [2.45, 2.75) is 13.0 Å². The molecule has 1 heterocycles. The molecule has 1 unspecified atom stereocenters. The fourth-order valence-electron chi connectivity index (χ4n) is 1.67. The van der Waals surface area contributed by atoms with E-state index in [0.717, 1.165) is 0 Å². The Morgan fingerprint density at radius 3 is 2.86 bits per heavy atom. The quantitative estimate of drug-likeness (QED) is 0.848. The number of carbonyl (C=O) groups excluding carboxylic acids is 1. The number of rotatable bonds is 4. The van der Waals surface area contributed by atoms with Crippen molar-refractivity contribution in [3.05, 3.63) is 47.1 Å². The van der Waals surface area contributed by atoms with E-state index in [1.54, 1.807) is 13.0 Å². The van der Waals surface area contributed by atoms with Crippen LogP contribution < -0.4 is 5.32 Å². The third kappa shape index (κ3) is 3.96. The smallest absolute Gasteiger partial charge is 0.270 e. The largest absolute Gasteiger partial charge is 0.394 e. The minimum Gasteiger partial charge on any atom is -0.394 e. The lowest BCUT2D eigenvalue weighted by atomic mass is 10.1. The normalized spacial score (nSPS) is 12.0. The number of carbonyl (C=O) groups is 1. The van der Waals surface area contributed by atoms with Gasteiger partial charge in [0, 0.05) is 11.6 Å². The molecule has 7 heteroatoms. The summed E-state index contributed by atoms with van der Waals surface area (Å²) in [6.45, 7) is 1.45. The van der Waals surface area contributed by atoms with Crippen molar-refractivity contribution in [3.63, 3.8) is 0 Å². The highest BCUT2D eigenvalue weighted by Crippen LogP contribution is 2.20. The van der Waals surface area contributed by atoms with Crippen LogP contribution in [-0.2, 0) is 0 Å². The van der Waals surface area contributed by atoms with Gasteiger partial charge < -0.3 is 10.4 Å². The van der Waals surface area contributed by atoms with Crippen LogP contribution in [0.2, 0.25) is 5.28 Å². The minimum absolute atomic E-state index is 0.0505. The van der Waals surface area contributed by atoms with E-state index in [1.807, 2.05) is 0 Å². The van der Waals surface area contributed by atoms with Crippen LogP contribution >= 0.6 is 11.6 Å². The molecule has 21 heavy (non-hydrogen) atoms. The molecule has 2 N–H and O–H groups in total. The summed E-state index contributed by atoms with van der Waals surface area (Å²) in [4.78, 5) is 19.8. The molecule has 0 bridgehead atoms. The van der Waals surface area contributed by atoms with Gasteiger partial charge in [0.25, 0.3) is 5.91 Å². The summed E-state index contributed by atoms with van der Waals surface area (Å²) in [5, 5.41) is 11.4. The van der Waals surface area contributed by atoms with Gasteiger partial charge in [0.2, 0.25) is 5.28 Å². The van der Waals surface area contributed by atoms with Crippen molar-refractivity contribution < 1.29 is 14.3 Å². The molecule has 1 aromatic carbocycles. The van der Waals surface area contributed by atoms with Crippen molar-refractivity contribution in [1.82, 2.24) is 15.3 Å². The first-order valence-electron chi connectivity index (χ1n) is 6.22. The Hall–Kier alpha value is -2.05. The van der Waals surface area contributed by atoms with E-state index in [9.17, 15) is 9.18 Å². The summed E-state index contributed by atoms with van der Waals surface area (Å²) in [7, 11) is 0. The van der Waals surface area contributed by atoms with E-state index in [1.165, 1.54) is 24.3 Å². The second-order valence-electron chi connectivity index (χ2n) is 4.47. The van der Waals surface area contributed by atoms with Crippen molar-refractivity contribution in [3.8, 4) is 11.3 Å². The van der Waals surface area contributed by atoms with Crippen molar-refractivity contribution in [1.29, 1.82) is 0 Å².